The quantitative estimate of drug-likeness (QED) is 0.377. The van der Waals surface area contributed by atoms with E-state index >= 15 is 0 Å². The Kier molecular flexibility index (Phi) is 10.2. The Hall–Kier alpha value is 0.270. The molecule has 0 saturated carbocycles. The summed E-state index contributed by atoms with van der Waals surface area (Å²) in [5.41, 5.74) is 0. The molecule has 2 fully saturated rings. The number of rotatable bonds is 5. The molecule has 7 heteroatoms. The standard InChI is InChI=1S/C16H31N3O2S.HI/c1-3-17-15(19-9-5-14(20)6-10-19)18-13-16(22-4-2)7-11-21-12-8-16;/h14,20H,3-13H2,1-2H3,(H,17,18);1H. The van der Waals surface area contributed by atoms with Gasteiger partial charge in [-0.25, -0.2) is 0 Å². The van der Waals surface area contributed by atoms with Gasteiger partial charge in [-0.2, -0.15) is 11.8 Å². The summed E-state index contributed by atoms with van der Waals surface area (Å²) in [5, 5.41) is 13.1. The van der Waals surface area contributed by atoms with Gasteiger partial charge in [0, 0.05) is 37.6 Å². The van der Waals surface area contributed by atoms with Crippen LogP contribution in [0.1, 0.15) is 39.5 Å². The smallest absolute Gasteiger partial charge is 0.193 e. The molecule has 2 rings (SSSR count). The molecule has 0 aromatic heterocycles. The molecule has 136 valence electrons. The summed E-state index contributed by atoms with van der Waals surface area (Å²) in [7, 11) is 0. The highest BCUT2D eigenvalue weighted by atomic mass is 127. The summed E-state index contributed by atoms with van der Waals surface area (Å²) in [4.78, 5) is 7.24. The van der Waals surface area contributed by atoms with E-state index in [1.54, 1.807) is 0 Å². The number of guanidine groups is 1. The van der Waals surface area contributed by atoms with Crippen molar-refractivity contribution in [3.8, 4) is 0 Å². The van der Waals surface area contributed by atoms with Gasteiger partial charge in [-0.3, -0.25) is 4.99 Å². The molecule has 2 aliphatic rings. The molecule has 0 bridgehead atoms. The third-order valence-corrected chi connectivity index (χ3v) is 5.91. The van der Waals surface area contributed by atoms with E-state index in [-0.39, 0.29) is 34.8 Å². The fourth-order valence-electron chi connectivity index (χ4n) is 3.12. The van der Waals surface area contributed by atoms with Crippen molar-refractivity contribution < 1.29 is 9.84 Å². The van der Waals surface area contributed by atoms with Crippen molar-refractivity contribution in [3.05, 3.63) is 0 Å². The van der Waals surface area contributed by atoms with Crippen LogP contribution in [-0.4, -0.2) is 72.0 Å². The Morgan fingerprint density at radius 2 is 1.96 bits per heavy atom. The SMILES string of the molecule is CCNC(=NCC1(SCC)CCOCC1)N1CCC(O)CC1.I. The lowest BCUT2D eigenvalue weighted by atomic mass is 9.99. The van der Waals surface area contributed by atoms with E-state index in [4.69, 9.17) is 9.73 Å². The van der Waals surface area contributed by atoms with Crippen molar-refractivity contribution in [3.63, 3.8) is 0 Å². The average molecular weight is 457 g/mol. The molecule has 2 heterocycles. The van der Waals surface area contributed by atoms with E-state index in [1.807, 2.05) is 11.8 Å². The topological polar surface area (TPSA) is 57.1 Å². The number of nitrogens with zero attached hydrogens (tertiary/aromatic N) is 2. The lowest BCUT2D eigenvalue weighted by Gasteiger charge is -2.37. The van der Waals surface area contributed by atoms with Gasteiger partial charge in [0.15, 0.2) is 5.96 Å². The molecule has 23 heavy (non-hydrogen) atoms. The summed E-state index contributed by atoms with van der Waals surface area (Å²) in [5.74, 6) is 2.14. The molecule has 0 radical (unpaired) electrons. The predicted octanol–water partition coefficient (Wildman–Crippen LogP) is 2.33. The molecule has 5 nitrogen and oxygen atoms in total. The number of hydrogen-bond acceptors (Lipinski definition) is 4. The monoisotopic (exact) mass is 457 g/mol. The molecule has 0 spiro atoms. The number of thioether (sulfide) groups is 1. The first-order chi connectivity index (χ1) is 10.7. The molecule has 2 aliphatic heterocycles. The maximum Gasteiger partial charge on any atom is 0.193 e. The Morgan fingerprint density at radius 3 is 2.52 bits per heavy atom. The van der Waals surface area contributed by atoms with E-state index in [9.17, 15) is 5.11 Å². The van der Waals surface area contributed by atoms with Crippen molar-refractivity contribution >= 4 is 41.7 Å². The highest BCUT2D eigenvalue weighted by molar-refractivity contribution is 14.0. The van der Waals surface area contributed by atoms with Crippen LogP contribution in [-0.2, 0) is 4.74 Å². The lowest BCUT2D eigenvalue weighted by Crippen LogP contribution is -2.47. The number of halogens is 1. The zero-order valence-electron chi connectivity index (χ0n) is 14.4. The molecule has 2 saturated heterocycles. The Labute approximate surface area is 162 Å². The van der Waals surface area contributed by atoms with Crippen LogP contribution in [0.5, 0.6) is 0 Å². The highest BCUT2D eigenvalue weighted by Crippen LogP contribution is 2.35. The second-order valence-corrected chi connectivity index (χ2v) is 7.85. The van der Waals surface area contributed by atoms with Crippen LogP contribution >= 0.6 is 35.7 Å². The number of nitrogens with one attached hydrogen (secondary N) is 1. The number of aliphatic hydroxyl groups excluding tert-OH is 1. The van der Waals surface area contributed by atoms with Crippen molar-refractivity contribution in [2.45, 2.75) is 50.4 Å². The lowest BCUT2D eigenvalue weighted by molar-refractivity contribution is 0.0791. The number of piperidine rings is 1. The van der Waals surface area contributed by atoms with Crippen LogP contribution in [0.3, 0.4) is 0 Å². The minimum atomic E-state index is -0.142. The Bertz CT molecular complexity index is 352. The first kappa shape index (κ1) is 21.3. The normalized spacial score (nSPS) is 22.6. The van der Waals surface area contributed by atoms with Crippen LogP contribution in [0, 0.1) is 0 Å². The third-order valence-electron chi connectivity index (χ3n) is 4.47. The minimum absolute atomic E-state index is 0. The van der Waals surface area contributed by atoms with Gasteiger partial charge in [-0.1, -0.05) is 6.92 Å². The molecule has 0 aromatic carbocycles. The zero-order chi connectivity index (χ0) is 15.8. The van der Waals surface area contributed by atoms with Gasteiger partial charge in [0.25, 0.3) is 0 Å². The Morgan fingerprint density at radius 1 is 1.30 bits per heavy atom. The van der Waals surface area contributed by atoms with Crippen LogP contribution < -0.4 is 5.32 Å². The van der Waals surface area contributed by atoms with E-state index in [0.29, 0.717) is 0 Å². The van der Waals surface area contributed by atoms with Crippen LogP contribution in [0.25, 0.3) is 0 Å². The third kappa shape index (κ3) is 6.59. The average Bonchev–Trinajstić information content (AvgIpc) is 2.54. The minimum Gasteiger partial charge on any atom is -0.393 e. The zero-order valence-corrected chi connectivity index (χ0v) is 17.6. The maximum atomic E-state index is 9.68. The summed E-state index contributed by atoms with van der Waals surface area (Å²) in [6.07, 6.45) is 3.72. The van der Waals surface area contributed by atoms with Gasteiger partial charge >= 0.3 is 0 Å². The number of aliphatic hydroxyl groups is 1. The van der Waals surface area contributed by atoms with Crippen molar-refractivity contribution in [2.24, 2.45) is 4.99 Å². The molecule has 2 N–H and O–H groups in total. The van der Waals surface area contributed by atoms with Gasteiger partial charge in [-0.15, -0.1) is 24.0 Å². The summed E-state index contributed by atoms with van der Waals surface area (Å²) in [6, 6.07) is 0. The number of ether oxygens (including phenoxy) is 1. The first-order valence-electron chi connectivity index (χ1n) is 8.62. The number of aliphatic imine (C=N–C) groups is 1. The predicted molar refractivity (Wildman–Crippen MR) is 109 cm³/mol. The second-order valence-electron chi connectivity index (χ2n) is 6.12. The molecule has 0 amide bonds. The van der Waals surface area contributed by atoms with E-state index in [2.05, 4.69) is 24.1 Å². The molecule has 0 aliphatic carbocycles. The molecule has 0 unspecified atom stereocenters. The Balaban J connectivity index is 0.00000264. The maximum absolute atomic E-state index is 9.68. The van der Waals surface area contributed by atoms with E-state index < -0.39 is 0 Å². The fourth-order valence-corrected chi connectivity index (χ4v) is 4.34. The molecule has 0 atom stereocenters. The second kappa shape index (κ2) is 11.0. The van der Waals surface area contributed by atoms with Crippen LogP contribution in [0.15, 0.2) is 4.99 Å². The van der Waals surface area contributed by atoms with Crippen LogP contribution in [0.2, 0.25) is 0 Å². The number of likely N-dealkylation sites (tertiary alicyclic amines) is 1. The van der Waals surface area contributed by atoms with Crippen molar-refractivity contribution in [2.75, 3.05) is 45.1 Å². The fraction of sp³-hybridized carbons (Fsp3) is 0.938. The van der Waals surface area contributed by atoms with Gasteiger partial charge in [0.1, 0.15) is 0 Å². The van der Waals surface area contributed by atoms with Gasteiger partial charge in [0.05, 0.1) is 12.6 Å². The van der Waals surface area contributed by atoms with Crippen molar-refractivity contribution in [1.82, 2.24) is 10.2 Å². The number of hydrogen-bond donors (Lipinski definition) is 2. The molecular formula is C16H32IN3O2S. The van der Waals surface area contributed by atoms with Crippen molar-refractivity contribution in [1.29, 1.82) is 0 Å². The van der Waals surface area contributed by atoms with E-state index in [1.165, 1.54) is 0 Å². The first-order valence-corrected chi connectivity index (χ1v) is 9.60. The molecule has 0 aromatic rings. The van der Waals surface area contributed by atoms with Crippen LogP contribution in [0.4, 0.5) is 0 Å². The highest BCUT2D eigenvalue weighted by Gasteiger charge is 2.33. The summed E-state index contributed by atoms with van der Waals surface area (Å²) >= 11 is 2.03. The van der Waals surface area contributed by atoms with Gasteiger partial charge in [0.2, 0.25) is 0 Å². The van der Waals surface area contributed by atoms with E-state index in [0.717, 1.165) is 76.8 Å². The summed E-state index contributed by atoms with van der Waals surface area (Å²) < 4.78 is 5.78. The van der Waals surface area contributed by atoms with Gasteiger partial charge in [-0.05, 0) is 38.4 Å². The molecular weight excluding hydrogens is 425 g/mol. The largest absolute Gasteiger partial charge is 0.393 e. The summed E-state index contributed by atoms with van der Waals surface area (Å²) in [6.45, 7) is 9.57. The van der Waals surface area contributed by atoms with Gasteiger partial charge < -0.3 is 20.1 Å².